The van der Waals surface area contributed by atoms with Crippen molar-refractivity contribution in [2.75, 3.05) is 5.43 Å². The Hall–Kier alpha value is -3.63. The van der Waals surface area contributed by atoms with Gasteiger partial charge >= 0.3 is 0 Å². The Morgan fingerprint density at radius 3 is 2.78 bits per heavy atom. The molecule has 0 bridgehead atoms. The van der Waals surface area contributed by atoms with Crippen LogP contribution < -0.4 is 11.0 Å². The second kappa shape index (κ2) is 8.48. The molecule has 32 heavy (non-hydrogen) atoms. The number of aryl methyl sites for hydroxylation is 2. The second-order valence-electron chi connectivity index (χ2n) is 7.05. The van der Waals surface area contributed by atoms with E-state index in [0.717, 1.165) is 26.2 Å². The van der Waals surface area contributed by atoms with Crippen molar-refractivity contribution < 1.29 is 9.21 Å². The lowest BCUT2D eigenvalue weighted by Crippen LogP contribution is -2.33. The third-order valence-electron chi connectivity index (χ3n) is 4.90. The molecule has 1 amide bonds. The summed E-state index contributed by atoms with van der Waals surface area (Å²) in [6, 6.07) is 11.6. The molecule has 0 fully saturated rings. The molecule has 0 saturated carbocycles. The van der Waals surface area contributed by atoms with E-state index in [9.17, 15) is 9.59 Å². The minimum Gasteiger partial charge on any atom is -0.421 e. The highest BCUT2D eigenvalue weighted by Crippen LogP contribution is 2.35. The third-order valence-corrected chi connectivity index (χ3v) is 6.59. The Morgan fingerprint density at radius 2 is 2.00 bits per heavy atom. The lowest BCUT2D eigenvalue weighted by atomic mass is 10.0. The molecule has 5 aromatic rings. The van der Waals surface area contributed by atoms with Crippen LogP contribution in [0, 0.1) is 6.92 Å². The normalized spacial score (nSPS) is 11.2. The van der Waals surface area contributed by atoms with Crippen LogP contribution in [0.4, 0.5) is 0 Å². The fourth-order valence-corrected chi connectivity index (χ4v) is 5.04. The number of carbonyl (C=O) groups excluding carboxylic acids is 1. The molecule has 0 radical (unpaired) electrons. The molecule has 8 nitrogen and oxygen atoms in total. The van der Waals surface area contributed by atoms with Gasteiger partial charge in [-0.3, -0.25) is 15.0 Å². The van der Waals surface area contributed by atoms with Crippen LogP contribution in [0.2, 0.25) is 0 Å². The van der Waals surface area contributed by atoms with E-state index in [1.165, 1.54) is 29.0 Å². The lowest BCUT2D eigenvalue weighted by molar-refractivity contribution is -0.117. The molecule has 160 valence electrons. The van der Waals surface area contributed by atoms with Crippen molar-refractivity contribution in [3.8, 4) is 22.6 Å². The molecule has 0 aliphatic heterocycles. The number of hydrogen-bond acceptors (Lipinski definition) is 8. The first kappa shape index (κ1) is 20.3. The van der Waals surface area contributed by atoms with E-state index in [1.807, 2.05) is 54.1 Å². The molecular formula is C22H17N5O3S2. The van der Waals surface area contributed by atoms with Gasteiger partial charge < -0.3 is 4.42 Å². The van der Waals surface area contributed by atoms with Crippen molar-refractivity contribution >= 4 is 38.8 Å². The van der Waals surface area contributed by atoms with Gasteiger partial charge in [0.15, 0.2) is 0 Å². The maximum Gasteiger partial charge on any atom is 0.281 e. The van der Waals surface area contributed by atoms with Crippen molar-refractivity contribution in [2.45, 2.75) is 19.8 Å². The number of rotatable bonds is 6. The van der Waals surface area contributed by atoms with Gasteiger partial charge in [-0.25, -0.2) is 9.66 Å². The monoisotopic (exact) mass is 463 g/mol. The standard InChI is InChI=1S/C22H17N5O3S2/c1-13-18(14-5-3-2-4-6-14)19-21(32-13)23-12-27(22(19)29)26-16(28)7-8-17-24-25-20(30-17)15-9-10-31-11-15/h2-6,9-12H,7-8H2,1H3,(H,26,28). The zero-order valence-electron chi connectivity index (χ0n) is 16.9. The van der Waals surface area contributed by atoms with Crippen LogP contribution >= 0.6 is 22.7 Å². The topological polar surface area (TPSA) is 103 Å². The van der Waals surface area contributed by atoms with Crippen LogP contribution in [-0.4, -0.2) is 25.8 Å². The average Bonchev–Trinajstić information content (AvgIpc) is 3.54. The van der Waals surface area contributed by atoms with E-state index in [2.05, 4.69) is 20.6 Å². The summed E-state index contributed by atoms with van der Waals surface area (Å²) in [6.45, 7) is 1.96. The zero-order chi connectivity index (χ0) is 22.1. The molecule has 0 atom stereocenters. The van der Waals surface area contributed by atoms with Crippen LogP contribution in [0.1, 0.15) is 17.2 Å². The minimum atomic E-state index is -0.350. The van der Waals surface area contributed by atoms with Gasteiger partial charge in [0.1, 0.15) is 11.2 Å². The number of hydrogen-bond donors (Lipinski definition) is 1. The molecule has 0 saturated heterocycles. The fourth-order valence-electron chi connectivity index (χ4n) is 3.40. The van der Waals surface area contributed by atoms with E-state index >= 15 is 0 Å². The lowest BCUT2D eigenvalue weighted by Gasteiger charge is -2.08. The molecule has 4 aromatic heterocycles. The number of nitrogens with one attached hydrogen (secondary N) is 1. The average molecular weight is 464 g/mol. The molecule has 0 aliphatic rings. The van der Waals surface area contributed by atoms with E-state index in [1.54, 1.807) is 0 Å². The predicted molar refractivity (Wildman–Crippen MR) is 124 cm³/mol. The highest BCUT2D eigenvalue weighted by Gasteiger charge is 2.18. The first-order valence-electron chi connectivity index (χ1n) is 9.81. The highest BCUT2D eigenvalue weighted by atomic mass is 32.1. The van der Waals surface area contributed by atoms with Crippen LogP contribution in [0.5, 0.6) is 0 Å². The molecule has 0 spiro atoms. The Kier molecular flexibility index (Phi) is 5.38. The predicted octanol–water partition coefficient (Wildman–Crippen LogP) is 4.25. The molecule has 1 N–H and O–H groups in total. The van der Waals surface area contributed by atoms with E-state index in [-0.39, 0.29) is 24.3 Å². The molecule has 10 heteroatoms. The number of thiophene rings is 2. The smallest absolute Gasteiger partial charge is 0.281 e. The first-order valence-corrected chi connectivity index (χ1v) is 11.6. The number of carbonyl (C=O) groups is 1. The molecular weight excluding hydrogens is 446 g/mol. The van der Waals surface area contributed by atoms with Gasteiger partial charge in [0.2, 0.25) is 17.7 Å². The van der Waals surface area contributed by atoms with Crippen LogP contribution in [0.15, 0.2) is 62.7 Å². The third kappa shape index (κ3) is 3.85. The number of fused-ring (bicyclic) bond motifs is 1. The van der Waals surface area contributed by atoms with Crippen molar-refractivity contribution in [3.63, 3.8) is 0 Å². The van der Waals surface area contributed by atoms with Crippen molar-refractivity contribution in [1.82, 2.24) is 19.9 Å². The van der Waals surface area contributed by atoms with Crippen molar-refractivity contribution in [3.05, 3.63) is 74.6 Å². The van der Waals surface area contributed by atoms with Gasteiger partial charge in [-0.15, -0.1) is 21.5 Å². The summed E-state index contributed by atoms with van der Waals surface area (Å²) >= 11 is 3.00. The number of amides is 1. The number of aromatic nitrogens is 4. The summed E-state index contributed by atoms with van der Waals surface area (Å²) in [7, 11) is 0. The SMILES string of the molecule is Cc1sc2ncn(NC(=O)CCc3nnc(-c4ccsc4)o3)c(=O)c2c1-c1ccccc1. The highest BCUT2D eigenvalue weighted by molar-refractivity contribution is 7.19. The number of benzene rings is 1. The maximum absolute atomic E-state index is 13.2. The summed E-state index contributed by atoms with van der Waals surface area (Å²) < 4.78 is 6.74. The van der Waals surface area contributed by atoms with Crippen LogP contribution in [0.3, 0.4) is 0 Å². The summed E-state index contributed by atoms with van der Waals surface area (Å²) in [5.74, 6) is 0.438. The molecule has 0 unspecified atom stereocenters. The van der Waals surface area contributed by atoms with Gasteiger partial charge in [-0.1, -0.05) is 30.3 Å². The molecule has 1 aromatic carbocycles. The largest absolute Gasteiger partial charge is 0.421 e. The maximum atomic E-state index is 13.2. The fraction of sp³-hybridized carbons (Fsp3) is 0.136. The van der Waals surface area contributed by atoms with E-state index < -0.39 is 0 Å². The summed E-state index contributed by atoms with van der Waals surface area (Å²) in [6.07, 6.45) is 1.69. The van der Waals surface area contributed by atoms with Crippen molar-refractivity contribution in [2.24, 2.45) is 0 Å². The number of nitrogens with zero attached hydrogens (tertiary/aromatic N) is 4. The van der Waals surface area contributed by atoms with Gasteiger partial charge in [0.25, 0.3) is 5.56 Å². The molecule has 4 heterocycles. The minimum absolute atomic E-state index is 0.0873. The van der Waals surface area contributed by atoms with Crippen LogP contribution in [0.25, 0.3) is 32.8 Å². The molecule has 0 aliphatic carbocycles. The van der Waals surface area contributed by atoms with Gasteiger partial charge in [-0.2, -0.15) is 11.3 Å². The van der Waals surface area contributed by atoms with Crippen molar-refractivity contribution in [1.29, 1.82) is 0 Å². The van der Waals surface area contributed by atoms with Gasteiger partial charge in [-0.05, 0) is 23.9 Å². The van der Waals surface area contributed by atoms with Crippen LogP contribution in [-0.2, 0) is 11.2 Å². The van der Waals surface area contributed by atoms with Gasteiger partial charge in [0, 0.05) is 34.2 Å². The van der Waals surface area contributed by atoms with Gasteiger partial charge in [0.05, 0.1) is 5.39 Å². The molecule has 5 rings (SSSR count). The summed E-state index contributed by atoms with van der Waals surface area (Å²) in [5.41, 5.74) is 4.94. The Labute approximate surface area is 190 Å². The first-order chi connectivity index (χ1) is 15.6. The van der Waals surface area contributed by atoms with E-state index in [4.69, 9.17) is 4.42 Å². The Balaban J connectivity index is 1.34. The van der Waals surface area contributed by atoms with E-state index in [0.29, 0.717) is 22.0 Å². The summed E-state index contributed by atoms with van der Waals surface area (Å²) in [5, 5.41) is 12.3. The Bertz CT molecular complexity index is 1450. The summed E-state index contributed by atoms with van der Waals surface area (Å²) in [4.78, 5) is 31.7. The second-order valence-corrected chi connectivity index (χ2v) is 9.03. The Morgan fingerprint density at radius 1 is 1.16 bits per heavy atom. The zero-order valence-corrected chi connectivity index (χ0v) is 18.6. The quantitative estimate of drug-likeness (QED) is 0.404.